The molecule has 2 aromatic heterocycles. The minimum Gasteiger partial charge on any atom is -0.871 e. The van der Waals surface area contributed by atoms with Gasteiger partial charge in [0, 0.05) is 35.6 Å². The van der Waals surface area contributed by atoms with Crippen LogP contribution in [0.3, 0.4) is 0 Å². The van der Waals surface area contributed by atoms with Gasteiger partial charge < -0.3 is 34.3 Å². The van der Waals surface area contributed by atoms with Crippen LogP contribution in [0.1, 0.15) is 14.2 Å². The normalized spacial score (nSPS) is 11.3. The van der Waals surface area contributed by atoms with Gasteiger partial charge in [0.1, 0.15) is 21.5 Å². The fourth-order valence-electron chi connectivity index (χ4n) is 4.50. The molecule has 0 unspecified atom stereocenters. The molecule has 0 aliphatic heterocycles. The molecule has 23 heteroatoms. The Morgan fingerprint density at radius 3 is 1.40 bits per heavy atom. The zero-order chi connectivity index (χ0) is 39.3. The molecule has 55 heavy (non-hydrogen) atoms. The molecule has 0 spiro atoms. The molecule has 6 rings (SSSR count). The Kier molecular flexibility index (Phi) is 12.4. The SMILES string of the molecule is Cc1[n-]n(-c2ccc(S(=O)(=O)[O-])cc2)c(=O)c1N=Nc1ccc([N+](=O)[O-])cc1[O-].Cc1[n-]n(-c2ccccc2)c(=O)c1N=Nc1ccc([N+](=O)[O-])cc1[O-].[Cr+3].[H+].[H+]. The Bertz CT molecular complexity index is 2700. The molecule has 0 N–H and O–H groups in total. The smallest absolute Gasteiger partial charge is 0.871 e. The number of aryl methyl sites for hydroxylation is 2. The predicted molar refractivity (Wildman–Crippen MR) is 184 cm³/mol. The summed E-state index contributed by atoms with van der Waals surface area (Å²) in [7, 11) is -4.63. The minimum absolute atomic E-state index is 0. The summed E-state index contributed by atoms with van der Waals surface area (Å²) in [6, 6.07) is 19.5. The third kappa shape index (κ3) is 9.31. The van der Waals surface area contributed by atoms with Crippen molar-refractivity contribution in [2.45, 2.75) is 18.7 Å². The van der Waals surface area contributed by atoms with E-state index in [-0.39, 0.29) is 60.0 Å². The van der Waals surface area contributed by atoms with Gasteiger partial charge in [0.15, 0.2) is 0 Å². The second kappa shape index (κ2) is 16.7. The predicted octanol–water partition coefficient (Wildman–Crippen LogP) is 4.13. The van der Waals surface area contributed by atoms with E-state index in [9.17, 15) is 53.0 Å². The van der Waals surface area contributed by atoms with Crippen molar-refractivity contribution in [2.24, 2.45) is 20.5 Å². The number of non-ortho nitro benzene ring substituents is 2. The van der Waals surface area contributed by atoms with Crippen molar-refractivity contribution in [3.05, 3.63) is 143 Å². The van der Waals surface area contributed by atoms with Crippen molar-refractivity contribution in [2.75, 3.05) is 0 Å². The van der Waals surface area contributed by atoms with Crippen molar-refractivity contribution in [1.82, 2.24) is 19.6 Å². The first kappa shape index (κ1) is 40.7. The van der Waals surface area contributed by atoms with Crippen molar-refractivity contribution < 1.29 is 53.2 Å². The largest absolute Gasteiger partial charge is 3.00 e. The third-order valence-electron chi connectivity index (χ3n) is 7.17. The molecule has 0 bridgehead atoms. The molecule has 6 aromatic rings. The van der Waals surface area contributed by atoms with Crippen LogP contribution < -0.4 is 31.5 Å². The fraction of sp³-hybridized carbons (Fsp3) is 0.0625. The molecule has 1 radical (unpaired) electrons. The number of azo groups is 2. The molecule has 0 atom stereocenters. The summed E-state index contributed by atoms with van der Waals surface area (Å²) >= 11 is 0. The summed E-state index contributed by atoms with van der Waals surface area (Å²) in [5, 5.41) is 68.0. The van der Waals surface area contributed by atoms with E-state index in [0.29, 0.717) is 11.4 Å². The summed E-state index contributed by atoms with van der Waals surface area (Å²) in [4.78, 5) is 44.4. The van der Waals surface area contributed by atoms with Crippen LogP contribution in [0.25, 0.3) is 11.4 Å². The first-order chi connectivity index (χ1) is 25.5. The first-order valence-electron chi connectivity index (χ1n) is 14.9. The number of rotatable bonds is 9. The van der Waals surface area contributed by atoms with Crippen LogP contribution in [0, 0.1) is 34.1 Å². The van der Waals surface area contributed by atoms with Gasteiger partial charge in [-0.3, -0.25) is 29.8 Å². The van der Waals surface area contributed by atoms with Gasteiger partial charge in [-0.25, -0.2) is 8.42 Å². The van der Waals surface area contributed by atoms with Gasteiger partial charge in [-0.1, -0.05) is 43.5 Å². The summed E-state index contributed by atoms with van der Waals surface area (Å²) in [6.45, 7) is 3.07. The van der Waals surface area contributed by atoms with Gasteiger partial charge in [0.05, 0.1) is 26.1 Å². The van der Waals surface area contributed by atoms with Crippen molar-refractivity contribution in [3.8, 4) is 22.9 Å². The van der Waals surface area contributed by atoms with Gasteiger partial charge in [0.25, 0.3) is 22.5 Å². The number of para-hydroxylation sites is 1. The maximum atomic E-state index is 12.5. The van der Waals surface area contributed by atoms with E-state index < -0.39 is 53.2 Å². The Hall–Kier alpha value is -7.06. The van der Waals surface area contributed by atoms with E-state index in [1.165, 1.54) is 29.8 Å². The summed E-state index contributed by atoms with van der Waals surface area (Å²) in [5.41, 5.74) is -1.08. The number of aromatic nitrogens is 4. The molecular weight excluding hydrogens is 784 g/mol. The quantitative estimate of drug-likeness (QED) is 0.0860. The van der Waals surface area contributed by atoms with Crippen molar-refractivity contribution in [1.29, 1.82) is 0 Å². The molecule has 0 fully saturated rings. The first-order valence-corrected chi connectivity index (χ1v) is 16.4. The van der Waals surface area contributed by atoms with E-state index >= 15 is 0 Å². The van der Waals surface area contributed by atoms with Crippen LogP contribution in [0.2, 0.25) is 0 Å². The van der Waals surface area contributed by atoms with Crippen LogP contribution in [0.5, 0.6) is 11.5 Å². The van der Waals surface area contributed by atoms with Crippen LogP contribution in [0.4, 0.5) is 34.1 Å². The van der Waals surface area contributed by atoms with E-state index in [0.717, 1.165) is 47.1 Å². The van der Waals surface area contributed by atoms with Gasteiger partial charge in [-0.15, -0.1) is 21.6 Å². The third-order valence-corrected chi connectivity index (χ3v) is 8.02. The zero-order valence-electron chi connectivity index (χ0n) is 29.9. The summed E-state index contributed by atoms with van der Waals surface area (Å²) in [6.07, 6.45) is 0. The summed E-state index contributed by atoms with van der Waals surface area (Å²) in [5.74, 6) is -1.40. The Morgan fingerprint density at radius 1 is 0.636 bits per heavy atom. The molecule has 21 nitrogen and oxygen atoms in total. The van der Waals surface area contributed by atoms with Gasteiger partial charge in [-0.05, 0) is 48.5 Å². The molecule has 0 aliphatic carbocycles. The standard InChI is InChI=1S/C16H13N5O7S.C16H13N5O4.Cr/c1-9-15(18-17-13-7-4-11(21(24)25)8-14(13)22)16(23)20(19-9)10-2-5-12(6-3-10)29(26,27)28;1-10-15(16(23)20(19-10)11-5-3-2-4-6-11)18-17-13-8-7-12(21(24)25)9-14(13)22;/h2-8H,1H3,(H3,17,18,19,22,23,26,27,28);2-9H,1H3,(H2,17,18,19,22,23);/q;;+3/p-3. The maximum Gasteiger partial charge on any atom is 3.00 e. The number of hydrogen-bond donors (Lipinski definition) is 0. The monoisotopic (exact) mass is 807 g/mol. The Morgan fingerprint density at radius 2 is 1.04 bits per heavy atom. The average Bonchev–Trinajstić information content (AvgIpc) is 3.59. The number of nitro groups is 2. The zero-order valence-corrected chi connectivity index (χ0v) is 30.0. The minimum atomic E-state index is -4.63. The van der Waals surface area contributed by atoms with Gasteiger partial charge in [0.2, 0.25) is 0 Å². The van der Waals surface area contributed by atoms with E-state index in [1.807, 2.05) is 6.07 Å². The average molecular weight is 808 g/mol. The van der Waals surface area contributed by atoms with Crippen molar-refractivity contribution >= 4 is 44.2 Å². The fourth-order valence-corrected chi connectivity index (χ4v) is 4.97. The number of benzene rings is 4. The van der Waals surface area contributed by atoms with Crippen molar-refractivity contribution in [3.63, 3.8) is 0 Å². The van der Waals surface area contributed by atoms with E-state index in [2.05, 4.69) is 30.7 Å². The number of hydrogen-bond acceptors (Lipinski definition) is 15. The second-order valence-corrected chi connectivity index (χ2v) is 12.2. The second-order valence-electron chi connectivity index (χ2n) is 10.8. The van der Waals surface area contributed by atoms with Gasteiger partial charge >= 0.3 is 20.2 Å². The van der Waals surface area contributed by atoms with Crippen LogP contribution >= 0.6 is 0 Å². The molecule has 0 aliphatic rings. The molecule has 2 heterocycles. The number of nitrogens with zero attached hydrogens (tertiary/aromatic N) is 10. The van der Waals surface area contributed by atoms with Crippen LogP contribution in [-0.4, -0.2) is 32.2 Å². The summed E-state index contributed by atoms with van der Waals surface area (Å²) < 4.78 is 35.1. The molecule has 279 valence electrons. The topological polar surface area (TPSA) is 311 Å². The molecule has 0 saturated heterocycles. The molecule has 0 amide bonds. The number of nitro benzene ring substituents is 2. The Balaban J connectivity index is 0.000000377. The van der Waals surface area contributed by atoms with E-state index in [1.54, 1.807) is 31.2 Å². The molecule has 0 saturated carbocycles. The van der Waals surface area contributed by atoms with E-state index in [4.69, 9.17) is 0 Å². The molecule has 4 aromatic carbocycles. The van der Waals surface area contributed by atoms with Gasteiger partial charge in [-0.2, -0.15) is 10.2 Å². The Labute approximate surface area is 321 Å². The van der Waals surface area contributed by atoms with Crippen LogP contribution in [-0.2, 0) is 27.5 Å². The molecular formula is C32H23CrN10O11S. The maximum absolute atomic E-state index is 12.5. The van der Waals surface area contributed by atoms with Crippen LogP contribution in [0.15, 0.2) is 126 Å².